The molecule has 1 N–H and O–H groups in total. The zero-order valence-electron chi connectivity index (χ0n) is 11.4. The fraction of sp³-hybridized carbons (Fsp3) is 0.385. The number of esters is 1. The Morgan fingerprint density at radius 1 is 1.32 bits per heavy atom. The first-order valence-corrected chi connectivity index (χ1v) is 6.33. The highest BCUT2D eigenvalue weighted by Gasteiger charge is 2.14. The molecule has 6 heteroatoms. The number of nitrogens with one attached hydrogen (secondary N) is 1. The first-order valence-electron chi connectivity index (χ1n) is 5.92. The van der Waals surface area contributed by atoms with Crippen molar-refractivity contribution in [2.24, 2.45) is 0 Å². The van der Waals surface area contributed by atoms with Crippen LogP contribution >= 0.6 is 12.2 Å². The van der Waals surface area contributed by atoms with Gasteiger partial charge in [0.25, 0.3) is 0 Å². The lowest BCUT2D eigenvalue weighted by atomic mass is 10.3. The molecule has 0 aliphatic heterocycles. The van der Waals surface area contributed by atoms with Crippen molar-refractivity contribution >= 4 is 29.0 Å². The Balaban J connectivity index is 2.60. The summed E-state index contributed by atoms with van der Waals surface area (Å²) in [6.07, 6.45) is 0.283. The molecule has 0 atom stereocenters. The number of para-hydroxylation sites is 1. The predicted molar refractivity (Wildman–Crippen MR) is 79.7 cm³/mol. The summed E-state index contributed by atoms with van der Waals surface area (Å²) in [4.78, 5) is 11.2. The van der Waals surface area contributed by atoms with E-state index in [0.717, 1.165) is 5.69 Å². The summed E-state index contributed by atoms with van der Waals surface area (Å²) in [6.45, 7) is 0.471. The first-order chi connectivity index (χ1) is 9.04. The summed E-state index contributed by atoms with van der Waals surface area (Å²) in [5, 5.41) is 7.31. The molecule has 1 aromatic rings. The molecule has 1 aromatic carbocycles. The number of rotatable bonds is 5. The SMILES string of the molecule is COC(=O)CCN(C(=S)Nc1ccccc1)N(C)C. The molecule has 0 amide bonds. The van der Waals surface area contributed by atoms with E-state index in [-0.39, 0.29) is 12.4 Å². The van der Waals surface area contributed by atoms with E-state index in [4.69, 9.17) is 12.2 Å². The molecule has 0 fully saturated rings. The zero-order chi connectivity index (χ0) is 14.3. The molecule has 5 nitrogen and oxygen atoms in total. The normalized spacial score (nSPS) is 10.1. The van der Waals surface area contributed by atoms with Gasteiger partial charge in [-0.2, -0.15) is 0 Å². The topological polar surface area (TPSA) is 44.8 Å². The number of thiocarbonyl (C=S) groups is 1. The smallest absolute Gasteiger partial charge is 0.307 e. The van der Waals surface area contributed by atoms with E-state index in [1.165, 1.54) is 7.11 Å². The number of hydrazine groups is 1. The fourth-order valence-electron chi connectivity index (χ4n) is 1.49. The van der Waals surface area contributed by atoms with Crippen molar-refractivity contribution in [1.29, 1.82) is 0 Å². The van der Waals surface area contributed by atoms with E-state index in [1.807, 2.05) is 49.4 Å². The third-order valence-electron chi connectivity index (χ3n) is 2.50. The lowest BCUT2D eigenvalue weighted by molar-refractivity contribution is -0.141. The van der Waals surface area contributed by atoms with Gasteiger partial charge in [-0.05, 0) is 24.4 Å². The Morgan fingerprint density at radius 3 is 2.47 bits per heavy atom. The highest BCUT2D eigenvalue weighted by molar-refractivity contribution is 7.80. The van der Waals surface area contributed by atoms with Crippen LogP contribution in [0.5, 0.6) is 0 Å². The van der Waals surface area contributed by atoms with E-state index in [0.29, 0.717) is 11.7 Å². The molecule has 0 unspecified atom stereocenters. The van der Waals surface area contributed by atoms with Gasteiger partial charge in [0.1, 0.15) is 0 Å². The first kappa shape index (κ1) is 15.4. The van der Waals surface area contributed by atoms with Gasteiger partial charge < -0.3 is 10.1 Å². The maximum atomic E-state index is 11.2. The molecular formula is C13H19N3O2S. The monoisotopic (exact) mass is 281 g/mol. The highest BCUT2D eigenvalue weighted by Crippen LogP contribution is 2.08. The standard InChI is InChI=1S/C13H19N3O2S/c1-15(2)16(10-9-12(17)18-3)13(19)14-11-7-5-4-6-8-11/h4-8H,9-10H2,1-3H3,(H,14,19). The molecule has 19 heavy (non-hydrogen) atoms. The molecule has 0 radical (unpaired) electrons. The minimum atomic E-state index is -0.255. The van der Waals surface area contributed by atoms with Crippen LogP contribution in [0.25, 0.3) is 0 Å². The predicted octanol–water partition coefficient (Wildman–Crippen LogP) is 1.73. The van der Waals surface area contributed by atoms with Crippen molar-refractivity contribution < 1.29 is 9.53 Å². The number of anilines is 1. The molecule has 0 heterocycles. The average Bonchev–Trinajstić information content (AvgIpc) is 2.39. The van der Waals surface area contributed by atoms with E-state index in [1.54, 1.807) is 5.01 Å². The van der Waals surface area contributed by atoms with E-state index in [2.05, 4.69) is 10.1 Å². The van der Waals surface area contributed by atoms with Crippen LogP contribution in [0.2, 0.25) is 0 Å². The van der Waals surface area contributed by atoms with Gasteiger partial charge in [0, 0.05) is 26.3 Å². The van der Waals surface area contributed by atoms with Gasteiger partial charge in [-0.3, -0.25) is 9.80 Å². The number of hydrogen-bond acceptors (Lipinski definition) is 4. The second kappa shape index (κ2) is 7.70. The lowest BCUT2D eigenvalue weighted by Crippen LogP contribution is -2.45. The van der Waals surface area contributed by atoms with Crippen LogP contribution in [0.3, 0.4) is 0 Å². The van der Waals surface area contributed by atoms with Gasteiger partial charge in [0.15, 0.2) is 5.11 Å². The Bertz CT molecular complexity index is 423. The third kappa shape index (κ3) is 5.23. The quantitative estimate of drug-likeness (QED) is 0.504. The van der Waals surface area contributed by atoms with Gasteiger partial charge in [-0.15, -0.1) is 0 Å². The van der Waals surface area contributed by atoms with Crippen molar-refractivity contribution in [3.63, 3.8) is 0 Å². The Kier molecular flexibility index (Phi) is 6.24. The summed E-state index contributed by atoms with van der Waals surface area (Å²) in [6, 6.07) is 9.66. The molecule has 1 rings (SSSR count). The van der Waals surface area contributed by atoms with Crippen LogP contribution in [0.15, 0.2) is 30.3 Å². The molecule has 0 saturated carbocycles. The highest BCUT2D eigenvalue weighted by atomic mass is 32.1. The van der Waals surface area contributed by atoms with E-state index in [9.17, 15) is 4.79 Å². The van der Waals surface area contributed by atoms with Crippen molar-refractivity contribution in [1.82, 2.24) is 10.0 Å². The molecular weight excluding hydrogens is 262 g/mol. The second-order valence-electron chi connectivity index (χ2n) is 4.09. The molecule has 0 saturated heterocycles. The molecule has 0 bridgehead atoms. The number of carbonyl (C=O) groups excluding carboxylic acids is 1. The van der Waals surface area contributed by atoms with Gasteiger partial charge in [0.2, 0.25) is 0 Å². The number of carbonyl (C=O) groups is 1. The summed E-state index contributed by atoms with van der Waals surface area (Å²) in [5.74, 6) is -0.255. The largest absolute Gasteiger partial charge is 0.469 e. The Labute approximate surface area is 119 Å². The van der Waals surface area contributed by atoms with Gasteiger partial charge in [0.05, 0.1) is 13.5 Å². The Hall–Kier alpha value is -1.66. The number of hydrogen-bond donors (Lipinski definition) is 1. The van der Waals surface area contributed by atoms with Crippen LogP contribution < -0.4 is 5.32 Å². The van der Waals surface area contributed by atoms with Crippen molar-refractivity contribution in [2.75, 3.05) is 33.1 Å². The van der Waals surface area contributed by atoms with Crippen LogP contribution in [-0.4, -0.2) is 48.8 Å². The summed E-state index contributed by atoms with van der Waals surface area (Å²) in [7, 11) is 5.12. The molecule has 0 aliphatic carbocycles. The van der Waals surface area contributed by atoms with Gasteiger partial charge in [-0.25, -0.2) is 5.01 Å². The maximum absolute atomic E-state index is 11.2. The van der Waals surface area contributed by atoms with Gasteiger partial charge >= 0.3 is 5.97 Å². The van der Waals surface area contributed by atoms with Crippen molar-refractivity contribution in [3.05, 3.63) is 30.3 Å². The van der Waals surface area contributed by atoms with Crippen LogP contribution in [0, 0.1) is 0 Å². The summed E-state index contributed by atoms with van der Waals surface area (Å²) in [5.41, 5.74) is 0.914. The number of methoxy groups -OCH3 is 1. The average molecular weight is 281 g/mol. The maximum Gasteiger partial charge on any atom is 0.307 e. The number of nitrogens with zero attached hydrogens (tertiary/aromatic N) is 2. The van der Waals surface area contributed by atoms with Crippen LogP contribution in [0.1, 0.15) is 6.42 Å². The van der Waals surface area contributed by atoms with Crippen molar-refractivity contribution in [2.45, 2.75) is 6.42 Å². The molecule has 0 spiro atoms. The summed E-state index contributed by atoms with van der Waals surface area (Å²) >= 11 is 5.34. The molecule has 0 aliphatic rings. The number of benzene rings is 1. The van der Waals surface area contributed by atoms with Crippen LogP contribution in [0.4, 0.5) is 5.69 Å². The minimum absolute atomic E-state index is 0.255. The minimum Gasteiger partial charge on any atom is -0.469 e. The number of ether oxygens (including phenoxy) is 1. The van der Waals surface area contributed by atoms with Crippen molar-refractivity contribution in [3.8, 4) is 0 Å². The third-order valence-corrected chi connectivity index (χ3v) is 2.81. The zero-order valence-corrected chi connectivity index (χ0v) is 12.2. The second-order valence-corrected chi connectivity index (χ2v) is 4.48. The lowest BCUT2D eigenvalue weighted by Gasteiger charge is -2.31. The summed E-state index contributed by atoms with van der Waals surface area (Å²) < 4.78 is 4.63. The molecule has 104 valence electrons. The Morgan fingerprint density at radius 2 is 1.95 bits per heavy atom. The van der Waals surface area contributed by atoms with E-state index < -0.39 is 0 Å². The molecule has 0 aromatic heterocycles. The van der Waals surface area contributed by atoms with Gasteiger partial charge in [-0.1, -0.05) is 18.2 Å². The van der Waals surface area contributed by atoms with Crippen LogP contribution in [-0.2, 0) is 9.53 Å². The van der Waals surface area contributed by atoms with E-state index >= 15 is 0 Å². The fourth-order valence-corrected chi connectivity index (χ4v) is 1.86.